The number of hydrogen-bond acceptors (Lipinski definition) is 4. The highest BCUT2D eigenvalue weighted by Crippen LogP contribution is 2.13. The number of allylic oxidation sites excluding steroid dienone is 6. The van der Waals surface area contributed by atoms with Crippen molar-refractivity contribution in [3.8, 4) is 0 Å². The highest BCUT2D eigenvalue weighted by Gasteiger charge is 2.10. The van der Waals surface area contributed by atoms with Crippen molar-refractivity contribution < 1.29 is 14.4 Å². The van der Waals surface area contributed by atoms with Crippen LogP contribution in [0.2, 0.25) is 0 Å². The number of nitrogens with one attached hydrogen (secondary N) is 3. The van der Waals surface area contributed by atoms with Gasteiger partial charge in [-0.15, -0.1) is 0 Å². The number of unbranched alkanes of at least 4 members (excludes halogenated alkanes) is 33. The summed E-state index contributed by atoms with van der Waals surface area (Å²) in [7, 11) is 0. The van der Waals surface area contributed by atoms with Gasteiger partial charge in [-0.1, -0.05) is 211 Å². The smallest absolute Gasteiger partial charge is 0.220 e. The largest absolute Gasteiger partial charge is 0.355 e. The Hall–Kier alpha value is -2.41. The molecule has 3 N–H and O–H groups in total. The van der Waals surface area contributed by atoms with Crippen molar-refractivity contribution in [1.29, 1.82) is 0 Å². The normalized spacial score (nSPS) is 11.8. The van der Waals surface area contributed by atoms with Crippen molar-refractivity contribution in [2.75, 3.05) is 39.3 Å². The summed E-state index contributed by atoms with van der Waals surface area (Å²) in [4.78, 5) is 40.3. The van der Waals surface area contributed by atoms with Crippen molar-refractivity contribution in [2.45, 2.75) is 290 Å². The molecule has 0 spiro atoms. The van der Waals surface area contributed by atoms with Crippen LogP contribution in [-0.2, 0) is 14.4 Å². The zero-order valence-corrected chi connectivity index (χ0v) is 45.1. The van der Waals surface area contributed by atoms with Crippen molar-refractivity contribution in [3.63, 3.8) is 0 Å². The molecule has 0 saturated carbocycles. The molecule has 0 unspecified atom stereocenters. The van der Waals surface area contributed by atoms with E-state index >= 15 is 0 Å². The summed E-state index contributed by atoms with van der Waals surface area (Å²) < 4.78 is 0. The molecule has 0 rings (SSSR count). The maximum atomic E-state index is 12.7. The minimum absolute atomic E-state index is 0.124. The molecular weight excluding hydrogens is 825 g/mol. The lowest BCUT2D eigenvalue weighted by Crippen LogP contribution is -2.43. The van der Waals surface area contributed by atoms with Gasteiger partial charge in [-0.2, -0.15) is 0 Å². The summed E-state index contributed by atoms with van der Waals surface area (Å²) in [6, 6.07) is 0. The second kappa shape index (κ2) is 56.2. The molecule has 0 aromatic rings. The number of carbonyl (C=O) groups is 3. The zero-order chi connectivity index (χ0) is 48.6. The minimum Gasteiger partial charge on any atom is -0.355 e. The van der Waals surface area contributed by atoms with Gasteiger partial charge < -0.3 is 16.0 Å². The molecule has 392 valence electrons. The van der Waals surface area contributed by atoms with E-state index in [0.717, 1.165) is 38.5 Å². The molecule has 0 aromatic carbocycles. The molecule has 67 heavy (non-hydrogen) atoms. The van der Waals surface area contributed by atoms with E-state index in [9.17, 15) is 14.4 Å². The second-order valence-electron chi connectivity index (χ2n) is 19.9. The first kappa shape index (κ1) is 64.6. The van der Waals surface area contributed by atoms with Crippen LogP contribution in [0.3, 0.4) is 0 Å². The van der Waals surface area contributed by atoms with Gasteiger partial charge >= 0.3 is 0 Å². The summed E-state index contributed by atoms with van der Waals surface area (Å²) >= 11 is 0. The van der Waals surface area contributed by atoms with E-state index in [2.05, 4.69) is 78.1 Å². The van der Waals surface area contributed by atoms with Gasteiger partial charge in [-0.25, -0.2) is 0 Å². The monoisotopic (exact) mass is 939 g/mol. The third-order valence-corrected chi connectivity index (χ3v) is 13.2. The van der Waals surface area contributed by atoms with Crippen LogP contribution in [0.1, 0.15) is 290 Å². The third kappa shape index (κ3) is 54.4. The third-order valence-electron chi connectivity index (χ3n) is 13.2. The Balaban J connectivity index is 4.35. The Morgan fingerprint density at radius 2 is 0.478 bits per heavy atom. The van der Waals surface area contributed by atoms with E-state index in [-0.39, 0.29) is 17.7 Å². The van der Waals surface area contributed by atoms with E-state index in [1.807, 2.05) is 0 Å². The maximum absolute atomic E-state index is 12.7. The fourth-order valence-corrected chi connectivity index (χ4v) is 8.73. The summed E-state index contributed by atoms with van der Waals surface area (Å²) in [6.45, 7) is 10.7. The number of rotatable bonds is 54. The molecule has 7 nitrogen and oxygen atoms in total. The standard InChI is InChI=1S/C60H114N4O3/c1-4-7-10-13-16-19-22-25-28-31-34-37-40-43-46-49-58(65)61-52-55-64(56-53-62-59(66)50-47-44-41-38-35-32-29-26-23-20-17-14-11-8-5-2)57-54-63-60(67)51-48-45-42-39-36-33-30-27-24-21-18-15-12-9-6-3/h25-30H,4-24,31-57H2,1-3H3,(H,61,65)(H,62,66)(H,63,67). The van der Waals surface area contributed by atoms with Gasteiger partial charge in [0.25, 0.3) is 0 Å². The van der Waals surface area contributed by atoms with Gasteiger partial charge in [0, 0.05) is 58.5 Å². The molecule has 0 aliphatic heterocycles. The van der Waals surface area contributed by atoms with Crippen LogP contribution in [0.15, 0.2) is 36.5 Å². The fraction of sp³-hybridized carbons (Fsp3) is 0.850. The van der Waals surface area contributed by atoms with Crippen LogP contribution in [0.25, 0.3) is 0 Å². The number of hydrogen-bond donors (Lipinski definition) is 3. The average molecular weight is 940 g/mol. The Morgan fingerprint density at radius 3 is 0.701 bits per heavy atom. The highest BCUT2D eigenvalue weighted by atomic mass is 16.2. The van der Waals surface area contributed by atoms with E-state index in [1.165, 1.54) is 212 Å². The predicted octanol–water partition coefficient (Wildman–Crippen LogP) is 16.7. The summed E-state index contributed by atoms with van der Waals surface area (Å²) in [5, 5.41) is 9.40. The molecule has 0 fully saturated rings. The lowest BCUT2D eigenvalue weighted by Gasteiger charge is -2.23. The Labute approximate surface area is 417 Å². The molecule has 0 aliphatic rings. The SMILES string of the molecule is CCCCCCCCC=CCCCCCCCC(=O)NCCN(CCNC(=O)CCCCCCCC=CCCCCCCCC)CCNC(=O)CCCCCCCC=CCCCCCCCC. The second-order valence-corrected chi connectivity index (χ2v) is 19.9. The fourth-order valence-electron chi connectivity index (χ4n) is 8.73. The average Bonchev–Trinajstić information content (AvgIpc) is 3.32. The molecule has 0 atom stereocenters. The van der Waals surface area contributed by atoms with Crippen LogP contribution >= 0.6 is 0 Å². The zero-order valence-electron chi connectivity index (χ0n) is 45.1. The molecule has 3 amide bonds. The topological polar surface area (TPSA) is 90.5 Å². The van der Waals surface area contributed by atoms with Gasteiger partial charge in [0.2, 0.25) is 17.7 Å². The molecule has 0 heterocycles. The minimum atomic E-state index is 0.124. The molecule has 0 radical (unpaired) electrons. The molecule has 0 bridgehead atoms. The van der Waals surface area contributed by atoms with E-state index < -0.39 is 0 Å². The van der Waals surface area contributed by atoms with Gasteiger partial charge in [0.05, 0.1) is 0 Å². The molecule has 0 aromatic heterocycles. The lowest BCUT2D eigenvalue weighted by atomic mass is 10.1. The van der Waals surface area contributed by atoms with E-state index in [0.29, 0.717) is 58.5 Å². The van der Waals surface area contributed by atoms with Crippen molar-refractivity contribution >= 4 is 17.7 Å². The Morgan fingerprint density at radius 1 is 0.284 bits per heavy atom. The molecular formula is C60H114N4O3. The lowest BCUT2D eigenvalue weighted by molar-refractivity contribution is -0.121. The quantitative estimate of drug-likeness (QED) is 0.0419. The highest BCUT2D eigenvalue weighted by molar-refractivity contribution is 5.76. The first-order valence-electron chi connectivity index (χ1n) is 29.5. The van der Waals surface area contributed by atoms with Gasteiger partial charge in [0.1, 0.15) is 0 Å². The van der Waals surface area contributed by atoms with Crippen molar-refractivity contribution in [1.82, 2.24) is 20.9 Å². The number of carbonyl (C=O) groups excluding carboxylic acids is 3. The molecule has 0 saturated heterocycles. The summed E-state index contributed by atoms with van der Waals surface area (Å²) in [6.07, 6.45) is 64.8. The van der Waals surface area contributed by atoms with Crippen LogP contribution in [-0.4, -0.2) is 61.9 Å². The van der Waals surface area contributed by atoms with Gasteiger partial charge in [-0.05, 0) is 96.3 Å². The first-order chi connectivity index (χ1) is 33.0. The number of nitrogens with zero attached hydrogens (tertiary/aromatic N) is 1. The Bertz CT molecular complexity index is 998. The molecule has 7 heteroatoms. The maximum Gasteiger partial charge on any atom is 0.220 e. The van der Waals surface area contributed by atoms with Crippen molar-refractivity contribution in [3.05, 3.63) is 36.5 Å². The van der Waals surface area contributed by atoms with E-state index in [4.69, 9.17) is 0 Å². The summed E-state index contributed by atoms with van der Waals surface area (Å²) in [5.41, 5.74) is 0. The predicted molar refractivity (Wildman–Crippen MR) is 294 cm³/mol. The summed E-state index contributed by atoms with van der Waals surface area (Å²) in [5.74, 6) is 0.373. The van der Waals surface area contributed by atoms with Gasteiger partial charge in [-0.3, -0.25) is 19.3 Å². The van der Waals surface area contributed by atoms with E-state index in [1.54, 1.807) is 0 Å². The van der Waals surface area contributed by atoms with Crippen molar-refractivity contribution in [2.24, 2.45) is 0 Å². The number of amides is 3. The van der Waals surface area contributed by atoms with Crippen LogP contribution in [0, 0.1) is 0 Å². The van der Waals surface area contributed by atoms with Crippen LogP contribution < -0.4 is 16.0 Å². The first-order valence-corrected chi connectivity index (χ1v) is 29.5. The Kier molecular flexibility index (Phi) is 54.2. The van der Waals surface area contributed by atoms with Crippen LogP contribution in [0.5, 0.6) is 0 Å². The van der Waals surface area contributed by atoms with Crippen LogP contribution in [0.4, 0.5) is 0 Å². The van der Waals surface area contributed by atoms with Gasteiger partial charge in [0.15, 0.2) is 0 Å². The molecule has 0 aliphatic carbocycles.